The molecule has 2 heteroatoms. The van der Waals surface area contributed by atoms with E-state index in [-0.39, 0.29) is 12.0 Å². The molecule has 0 saturated heterocycles. The van der Waals surface area contributed by atoms with Crippen LogP contribution >= 0.6 is 0 Å². The van der Waals surface area contributed by atoms with Crippen molar-refractivity contribution >= 4 is 0 Å². The summed E-state index contributed by atoms with van der Waals surface area (Å²) in [4.78, 5) is 0. The molecular formula is C17H23NO. The lowest BCUT2D eigenvalue weighted by atomic mass is 9.79. The van der Waals surface area contributed by atoms with Crippen LogP contribution in [0.2, 0.25) is 0 Å². The lowest BCUT2D eigenvalue weighted by Crippen LogP contribution is -2.33. The Morgan fingerprint density at radius 3 is 2.79 bits per heavy atom. The molecule has 1 aromatic carbocycles. The zero-order chi connectivity index (χ0) is 13.8. The van der Waals surface area contributed by atoms with Gasteiger partial charge in [-0.25, -0.2) is 0 Å². The Balaban J connectivity index is 2.14. The molecule has 3 atom stereocenters. The molecule has 2 nitrogen and oxygen atoms in total. The molecule has 1 aromatic rings. The van der Waals surface area contributed by atoms with Crippen molar-refractivity contribution in [1.82, 2.24) is 0 Å². The van der Waals surface area contributed by atoms with Gasteiger partial charge in [-0.3, -0.25) is 0 Å². The minimum absolute atomic E-state index is 0.0442. The lowest BCUT2D eigenvalue weighted by Gasteiger charge is -2.33. The molecule has 0 bridgehead atoms. The second-order valence-electron chi connectivity index (χ2n) is 5.75. The zero-order valence-corrected chi connectivity index (χ0v) is 12.1. The van der Waals surface area contributed by atoms with Crippen LogP contribution in [0.1, 0.15) is 43.7 Å². The molecule has 0 N–H and O–H groups in total. The molecule has 1 fully saturated rings. The van der Waals surface area contributed by atoms with E-state index in [2.05, 4.69) is 45.0 Å². The summed E-state index contributed by atoms with van der Waals surface area (Å²) in [5, 5.41) is 9.29. The van der Waals surface area contributed by atoms with E-state index in [0.29, 0.717) is 5.92 Å². The maximum absolute atomic E-state index is 9.29. The molecule has 0 spiro atoms. The van der Waals surface area contributed by atoms with Crippen molar-refractivity contribution < 1.29 is 4.74 Å². The maximum Gasteiger partial charge on any atom is 0.122 e. The van der Waals surface area contributed by atoms with Gasteiger partial charge >= 0.3 is 0 Å². The molecule has 0 radical (unpaired) electrons. The van der Waals surface area contributed by atoms with Gasteiger partial charge in [0, 0.05) is 0 Å². The normalized spacial score (nSPS) is 26.7. The Morgan fingerprint density at radius 1 is 1.32 bits per heavy atom. The van der Waals surface area contributed by atoms with Gasteiger partial charge in [0.05, 0.1) is 12.0 Å². The van der Waals surface area contributed by atoms with Crippen LogP contribution in [0.15, 0.2) is 18.2 Å². The third-order valence-electron chi connectivity index (χ3n) is 4.27. The first-order valence-corrected chi connectivity index (χ1v) is 7.27. The summed E-state index contributed by atoms with van der Waals surface area (Å²) in [5.74, 6) is 1.70. The minimum atomic E-state index is 0.0442. The molecule has 0 amide bonds. The molecule has 1 saturated carbocycles. The number of aryl methyl sites for hydroxylation is 2. The fourth-order valence-corrected chi connectivity index (χ4v) is 2.86. The smallest absolute Gasteiger partial charge is 0.122 e. The van der Waals surface area contributed by atoms with Crippen molar-refractivity contribution in [2.24, 2.45) is 11.8 Å². The predicted molar refractivity (Wildman–Crippen MR) is 77.1 cm³/mol. The Labute approximate surface area is 116 Å². The number of nitriles is 1. The maximum atomic E-state index is 9.29. The SMILES string of the molecule is CCC1CCC(C#N)C(Oc2cc(C)ccc2C)C1. The average Bonchev–Trinajstić information content (AvgIpc) is 2.42. The van der Waals surface area contributed by atoms with Crippen LogP contribution < -0.4 is 4.74 Å². The van der Waals surface area contributed by atoms with Crippen molar-refractivity contribution in [3.05, 3.63) is 29.3 Å². The molecule has 1 aliphatic rings. The summed E-state index contributed by atoms with van der Waals surface area (Å²) in [5.41, 5.74) is 2.36. The quantitative estimate of drug-likeness (QED) is 0.804. The largest absolute Gasteiger partial charge is 0.489 e. The summed E-state index contributed by atoms with van der Waals surface area (Å²) in [6, 6.07) is 8.70. The number of nitrogens with zero attached hydrogens (tertiary/aromatic N) is 1. The molecule has 102 valence electrons. The molecular weight excluding hydrogens is 234 g/mol. The van der Waals surface area contributed by atoms with Crippen LogP contribution in [0.4, 0.5) is 0 Å². The highest BCUT2D eigenvalue weighted by Gasteiger charge is 2.31. The third-order valence-corrected chi connectivity index (χ3v) is 4.27. The minimum Gasteiger partial charge on any atom is -0.489 e. The molecule has 3 unspecified atom stereocenters. The van der Waals surface area contributed by atoms with Gasteiger partial charge in [0.15, 0.2) is 0 Å². The van der Waals surface area contributed by atoms with Gasteiger partial charge in [-0.1, -0.05) is 25.5 Å². The van der Waals surface area contributed by atoms with E-state index in [0.717, 1.165) is 24.2 Å². The van der Waals surface area contributed by atoms with Gasteiger partial charge in [-0.05, 0) is 56.2 Å². The van der Waals surface area contributed by atoms with Crippen molar-refractivity contribution in [2.75, 3.05) is 0 Å². The van der Waals surface area contributed by atoms with Gasteiger partial charge in [0.1, 0.15) is 11.9 Å². The highest BCUT2D eigenvalue weighted by atomic mass is 16.5. The Bertz CT molecular complexity index is 475. The van der Waals surface area contributed by atoms with Crippen LogP contribution in [0.5, 0.6) is 5.75 Å². The van der Waals surface area contributed by atoms with Gasteiger partial charge in [0.25, 0.3) is 0 Å². The van der Waals surface area contributed by atoms with Gasteiger partial charge in [0.2, 0.25) is 0 Å². The fourth-order valence-electron chi connectivity index (χ4n) is 2.86. The van der Waals surface area contributed by atoms with E-state index in [1.807, 2.05) is 0 Å². The van der Waals surface area contributed by atoms with Crippen molar-refractivity contribution in [3.63, 3.8) is 0 Å². The van der Waals surface area contributed by atoms with E-state index < -0.39 is 0 Å². The van der Waals surface area contributed by atoms with Crippen LogP contribution in [-0.2, 0) is 0 Å². The highest BCUT2D eigenvalue weighted by molar-refractivity contribution is 5.36. The number of ether oxygens (including phenoxy) is 1. The molecule has 2 rings (SSSR count). The van der Waals surface area contributed by atoms with Crippen LogP contribution in [0, 0.1) is 37.0 Å². The Hall–Kier alpha value is -1.49. The van der Waals surface area contributed by atoms with Crippen molar-refractivity contribution in [3.8, 4) is 11.8 Å². The van der Waals surface area contributed by atoms with Crippen LogP contribution in [0.25, 0.3) is 0 Å². The molecule has 19 heavy (non-hydrogen) atoms. The first kappa shape index (κ1) is 13.9. The molecule has 0 aromatic heterocycles. The second-order valence-corrected chi connectivity index (χ2v) is 5.75. The summed E-state index contributed by atoms with van der Waals surface area (Å²) < 4.78 is 6.18. The molecule has 1 aliphatic carbocycles. The van der Waals surface area contributed by atoms with Crippen LogP contribution in [-0.4, -0.2) is 6.10 Å². The van der Waals surface area contributed by atoms with Crippen LogP contribution in [0.3, 0.4) is 0 Å². The topological polar surface area (TPSA) is 33.0 Å². The van der Waals surface area contributed by atoms with Gasteiger partial charge in [-0.15, -0.1) is 0 Å². The van der Waals surface area contributed by atoms with Gasteiger partial charge in [-0.2, -0.15) is 5.26 Å². The number of hydrogen-bond donors (Lipinski definition) is 0. The monoisotopic (exact) mass is 257 g/mol. The van der Waals surface area contributed by atoms with E-state index in [1.54, 1.807) is 0 Å². The highest BCUT2D eigenvalue weighted by Crippen LogP contribution is 2.34. The molecule has 0 aliphatic heterocycles. The number of benzene rings is 1. The first-order chi connectivity index (χ1) is 9.13. The standard InChI is InChI=1S/C17H23NO/c1-4-14-7-8-15(11-18)17(10-14)19-16-9-12(2)5-6-13(16)3/h5-6,9,14-15,17H,4,7-8,10H2,1-3H3. The average molecular weight is 257 g/mol. The lowest BCUT2D eigenvalue weighted by molar-refractivity contribution is 0.0886. The van der Waals surface area contributed by atoms with E-state index in [4.69, 9.17) is 4.74 Å². The van der Waals surface area contributed by atoms with Crippen molar-refractivity contribution in [1.29, 1.82) is 5.26 Å². The van der Waals surface area contributed by atoms with Crippen molar-refractivity contribution in [2.45, 2.75) is 52.6 Å². The number of hydrogen-bond acceptors (Lipinski definition) is 2. The summed E-state index contributed by atoms with van der Waals surface area (Å²) in [7, 11) is 0. The van der Waals surface area contributed by atoms with E-state index in [1.165, 1.54) is 18.4 Å². The summed E-state index contributed by atoms with van der Waals surface area (Å²) in [6.07, 6.45) is 4.41. The van der Waals surface area contributed by atoms with E-state index >= 15 is 0 Å². The summed E-state index contributed by atoms with van der Waals surface area (Å²) >= 11 is 0. The summed E-state index contributed by atoms with van der Waals surface area (Å²) in [6.45, 7) is 6.37. The van der Waals surface area contributed by atoms with Gasteiger partial charge < -0.3 is 4.74 Å². The second kappa shape index (κ2) is 6.10. The third kappa shape index (κ3) is 3.29. The fraction of sp³-hybridized carbons (Fsp3) is 0.588. The first-order valence-electron chi connectivity index (χ1n) is 7.27. The Kier molecular flexibility index (Phi) is 4.47. The Morgan fingerprint density at radius 2 is 2.11 bits per heavy atom. The predicted octanol–water partition coefficient (Wildman–Crippen LogP) is 4.40. The number of rotatable bonds is 3. The zero-order valence-electron chi connectivity index (χ0n) is 12.1. The molecule has 0 heterocycles. The van der Waals surface area contributed by atoms with E-state index in [9.17, 15) is 5.26 Å².